The summed E-state index contributed by atoms with van der Waals surface area (Å²) in [5, 5.41) is 5.24. The van der Waals surface area contributed by atoms with Gasteiger partial charge in [-0.3, -0.25) is 0 Å². The fraction of sp³-hybridized carbons (Fsp3) is 0.130. The summed E-state index contributed by atoms with van der Waals surface area (Å²) in [6.45, 7) is -0.199. The predicted molar refractivity (Wildman–Crippen MR) is 113 cm³/mol. The van der Waals surface area contributed by atoms with Crippen LogP contribution in [0.3, 0.4) is 0 Å². The van der Waals surface area contributed by atoms with Crippen molar-refractivity contribution in [3.63, 3.8) is 0 Å². The van der Waals surface area contributed by atoms with Crippen LogP contribution in [0.1, 0.15) is 21.5 Å². The molecule has 0 fully saturated rings. The number of halogens is 3. The molecular weight excluding hydrogens is 425 g/mol. The second-order valence-electron chi connectivity index (χ2n) is 6.63. The first kappa shape index (κ1) is 22.7. The number of urea groups is 1. The van der Waals surface area contributed by atoms with Gasteiger partial charge in [0.1, 0.15) is 17.9 Å². The Hall–Kier alpha value is -4.01. The molecule has 2 amide bonds. The lowest BCUT2D eigenvalue weighted by Crippen LogP contribution is -2.19. The van der Waals surface area contributed by atoms with Crippen LogP contribution in [0, 0.1) is 0 Å². The van der Waals surface area contributed by atoms with E-state index < -0.39 is 23.7 Å². The van der Waals surface area contributed by atoms with Crippen molar-refractivity contribution in [1.82, 2.24) is 0 Å². The van der Waals surface area contributed by atoms with Gasteiger partial charge in [0.05, 0.1) is 12.7 Å². The van der Waals surface area contributed by atoms with Crippen LogP contribution in [0.15, 0.2) is 72.8 Å². The van der Waals surface area contributed by atoms with E-state index in [-0.39, 0.29) is 23.5 Å². The lowest BCUT2D eigenvalue weighted by molar-refractivity contribution is -0.137. The number of para-hydroxylation sites is 1. The van der Waals surface area contributed by atoms with Crippen LogP contribution in [-0.2, 0) is 17.5 Å². The van der Waals surface area contributed by atoms with Crippen molar-refractivity contribution < 1.29 is 32.2 Å². The van der Waals surface area contributed by atoms with Crippen LogP contribution in [0.5, 0.6) is 5.75 Å². The Kier molecular flexibility index (Phi) is 6.99. The minimum absolute atomic E-state index is 0.0111. The van der Waals surface area contributed by atoms with E-state index in [2.05, 4.69) is 10.6 Å². The third-order valence-corrected chi connectivity index (χ3v) is 4.32. The molecule has 0 aliphatic carbocycles. The van der Waals surface area contributed by atoms with E-state index in [0.717, 1.165) is 12.1 Å². The number of alkyl halides is 3. The third kappa shape index (κ3) is 6.00. The van der Waals surface area contributed by atoms with E-state index in [0.29, 0.717) is 11.4 Å². The zero-order valence-corrected chi connectivity index (χ0v) is 16.9. The SMILES string of the molecule is COC(=O)c1cc(NC(=O)Nc2ccccc2)ccc1OCc1cccc(C(F)(F)F)c1. The van der Waals surface area contributed by atoms with Gasteiger partial charge in [0.2, 0.25) is 0 Å². The number of benzene rings is 3. The maximum absolute atomic E-state index is 12.9. The molecule has 3 aromatic rings. The smallest absolute Gasteiger partial charge is 0.416 e. The highest BCUT2D eigenvalue weighted by molar-refractivity contribution is 6.01. The number of nitrogens with one attached hydrogen (secondary N) is 2. The van der Waals surface area contributed by atoms with Crippen molar-refractivity contribution in [1.29, 1.82) is 0 Å². The van der Waals surface area contributed by atoms with Crippen LogP contribution in [0.25, 0.3) is 0 Å². The summed E-state index contributed by atoms with van der Waals surface area (Å²) in [5.74, 6) is -0.626. The molecule has 0 bridgehead atoms. The third-order valence-electron chi connectivity index (χ3n) is 4.32. The Morgan fingerprint density at radius 3 is 2.28 bits per heavy atom. The highest BCUT2D eigenvalue weighted by Gasteiger charge is 2.30. The summed E-state index contributed by atoms with van der Waals surface area (Å²) >= 11 is 0. The fourth-order valence-corrected chi connectivity index (χ4v) is 2.82. The van der Waals surface area contributed by atoms with Crippen LogP contribution >= 0.6 is 0 Å². The minimum Gasteiger partial charge on any atom is -0.488 e. The van der Waals surface area contributed by atoms with Gasteiger partial charge < -0.3 is 20.1 Å². The summed E-state index contributed by atoms with van der Waals surface area (Å²) in [6.07, 6.45) is -4.47. The first-order valence-electron chi connectivity index (χ1n) is 9.40. The van der Waals surface area contributed by atoms with Gasteiger partial charge in [-0.15, -0.1) is 0 Å². The lowest BCUT2D eigenvalue weighted by atomic mass is 10.1. The molecule has 3 aromatic carbocycles. The normalized spacial score (nSPS) is 10.9. The average molecular weight is 444 g/mol. The summed E-state index contributed by atoms with van der Waals surface area (Å²) in [6, 6.07) is 17.2. The van der Waals surface area contributed by atoms with Crippen molar-refractivity contribution in [3.05, 3.63) is 89.5 Å². The molecule has 9 heteroatoms. The molecule has 0 unspecified atom stereocenters. The van der Waals surface area contributed by atoms with Gasteiger partial charge in [0.15, 0.2) is 0 Å². The first-order chi connectivity index (χ1) is 15.3. The van der Waals surface area contributed by atoms with Crippen LogP contribution in [-0.4, -0.2) is 19.1 Å². The van der Waals surface area contributed by atoms with E-state index in [1.54, 1.807) is 24.3 Å². The molecular formula is C23H19F3N2O4. The van der Waals surface area contributed by atoms with Gasteiger partial charge in [-0.25, -0.2) is 9.59 Å². The van der Waals surface area contributed by atoms with Crippen molar-refractivity contribution in [3.8, 4) is 5.75 Å². The minimum atomic E-state index is -4.47. The number of carbonyl (C=O) groups is 2. The summed E-state index contributed by atoms with van der Waals surface area (Å²) in [5.41, 5.74) is 0.373. The maximum atomic E-state index is 12.9. The van der Waals surface area contributed by atoms with Crippen molar-refractivity contribution in [2.75, 3.05) is 17.7 Å². The number of carbonyl (C=O) groups excluding carboxylic acids is 2. The number of methoxy groups -OCH3 is 1. The van der Waals surface area contributed by atoms with Crippen molar-refractivity contribution >= 4 is 23.4 Å². The number of hydrogen-bond acceptors (Lipinski definition) is 4. The topological polar surface area (TPSA) is 76.7 Å². The average Bonchev–Trinajstić information content (AvgIpc) is 2.78. The molecule has 3 rings (SSSR count). The summed E-state index contributed by atoms with van der Waals surface area (Å²) in [7, 11) is 1.18. The Bertz CT molecular complexity index is 1100. The first-order valence-corrected chi connectivity index (χ1v) is 9.40. The molecule has 0 saturated heterocycles. The number of esters is 1. The molecule has 6 nitrogen and oxygen atoms in total. The molecule has 0 aliphatic heterocycles. The van der Waals surface area contributed by atoms with Gasteiger partial charge in [0.25, 0.3) is 0 Å². The second kappa shape index (κ2) is 9.86. The quantitative estimate of drug-likeness (QED) is 0.477. The second-order valence-corrected chi connectivity index (χ2v) is 6.63. The number of ether oxygens (including phenoxy) is 2. The van der Waals surface area contributed by atoms with Crippen molar-refractivity contribution in [2.24, 2.45) is 0 Å². The molecule has 0 saturated carbocycles. The Labute approximate surface area is 182 Å². The molecule has 32 heavy (non-hydrogen) atoms. The molecule has 2 N–H and O–H groups in total. The summed E-state index contributed by atoms with van der Waals surface area (Å²) in [4.78, 5) is 24.4. The molecule has 166 valence electrons. The van der Waals surface area contributed by atoms with Gasteiger partial charge in [-0.05, 0) is 48.0 Å². The standard InChI is InChI=1S/C23H19F3N2O4/c1-31-21(29)19-13-18(28-22(30)27-17-8-3-2-4-9-17)10-11-20(19)32-14-15-6-5-7-16(12-15)23(24,25)26/h2-13H,14H2,1H3,(H2,27,28,30). The molecule has 0 spiro atoms. The van der Waals surface area contributed by atoms with Gasteiger partial charge in [-0.1, -0.05) is 30.3 Å². The van der Waals surface area contributed by atoms with Gasteiger partial charge >= 0.3 is 18.2 Å². The largest absolute Gasteiger partial charge is 0.488 e. The van der Waals surface area contributed by atoms with E-state index in [1.807, 2.05) is 6.07 Å². The van der Waals surface area contributed by atoms with Gasteiger partial charge in [-0.2, -0.15) is 13.2 Å². The number of anilines is 2. The molecule has 0 radical (unpaired) electrons. The molecule has 0 aliphatic rings. The monoisotopic (exact) mass is 444 g/mol. The number of amides is 2. The van der Waals surface area contributed by atoms with Crippen molar-refractivity contribution in [2.45, 2.75) is 12.8 Å². The number of rotatable bonds is 6. The van der Waals surface area contributed by atoms with Crippen LogP contribution in [0.2, 0.25) is 0 Å². The molecule has 0 aromatic heterocycles. The zero-order chi connectivity index (χ0) is 23.1. The van der Waals surface area contributed by atoms with E-state index >= 15 is 0 Å². The zero-order valence-electron chi connectivity index (χ0n) is 16.9. The Balaban J connectivity index is 1.74. The lowest BCUT2D eigenvalue weighted by Gasteiger charge is -2.14. The fourth-order valence-electron chi connectivity index (χ4n) is 2.82. The Morgan fingerprint density at radius 2 is 1.59 bits per heavy atom. The van der Waals surface area contributed by atoms with E-state index in [4.69, 9.17) is 9.47 Å². The van der Waals surface area contributed by atoms with Crippen LogP contribution in [0.4, 0.5) is 29.3 Å². The highest BCUT2D eigenvalue weighted by atomic mass is 19.4. The molecule has 0 atom stereocenters. The number of hydrogen-bond donors (Lipinski definition) is 2. The van der Waals surface area contributed by atoms with E-state index in [1.165, 1.54) is 37.4 Å². The summed E-state index contributed by atoms with van der Waals surface area (Å²) < 4.78 is 49.0. The van der Waals surface area contributed by atoms with E-state index in [9.17, 15) is 22.8 Å². The maximum Gasteiger partial charge on any atom is 0.416 e. The Morgan fingerprint density at radius 1 is 0.875 bits per heavy atom. The van der Waals surface area contributed by atoms with Crippen LogP contribution < -0.4 is 15.4 Å². The van der Waals surface area contributed by atoms with Gasteiger partial charge in [0, 0.05) is 11.4 Å². The molecule has 0 heterocycles. The predicted octanol–water partition coefficient (Wildman–Crippen LogP) is 5.72. The highest BCUT2D eigenvalue weighted by Crippen LogP contribution is 2.30.